The second-order valence-electron chi connectivity index (χ2n) is 5.76. The van der Waals surface area contributed by atoms with E-state index in [9.17, 15) is 4.79 Å². The molecule has 8 nitrogen and oxygen atoms in total. The van der Waals surface area contributed by atoms with Gasteiger partial charge in [0.05, 0.1) is 20.4 Å². The molecule has 1 aromatic carbocycles. The molecule has 27 heavy (non-hydrogen) atoms. The number of nitrogens with zero attached hydrogens (tertiary/aromatic N) is 1. The summed E-state index contributed by atoms with van der Waals surface area (Å²) in [6.07, 6.45) is 4.71. The second kappa shape index (κ2) is 11.2. The number of hydrazone groups is 1. The van der Waals surface area contributed by atoms with Crippen LogP contribution in [0.15, 0.2) is 17.2 Å². The van der Waals surface area contributed by atoms with Gasteiger partial charge in [-0.15, -0.1) is 0 Å². The number of nitrogens with one attached hydrogen (secondary N) is 2. The number of fused-ring (bicyclic) bond motifs is 1. The first kappa shape index (κ1) is 20.8. The van der Waals surface area contributed by atoms with Gasteiger partial charge < -0.3 is 24.3 Å². The van der Waals surface area contributed by atoms with Gasteiger partial charge in [-0.1, -0.05) is 6.42 Å². The minimum atomic E-state index is -0.176. The number of benzene rings is 1. The van der Waals surface area contributed by atoms with E-state index in [1.54, 1.807) is 13.3 Å². The number of esters is 1. The van der Waals surface area contributed by atoms with E-state index in [4.69, 9.17) is 26.4 Å². The van der Waals surface area contributed by atoms with Gasteiger partial charge in [0.2, 0.25) is 5.75 Å². The molecule has 148 valence electrons. The molecule has 0 unspecified atom stereocenters. The first-order valence-corrected chi connectivity index (χ1v) is 9.16. The zero-order valence-corrected chi connectivity index (χ0v) is 16.4. The number of hydrogen-bond acceptors (Lipinski definition) is 7. The molecule has 2 N–H and O–H groups in total. The number of methoxy groups -OCH3 is 2. The SMILES string of the molecule is COC(=O)CCCCCNC(=S)N/N=C\c1cc(OC)c2c(c1)OCCO2. The molecule has 1 aliphatic rings. The van der Waals surface area contributed by atoms with E-state index in [1.165, 1.54) is 7.11 Å². The highest BCUT2D eigenvalue weighted by Gasteiger charge is 2.17. The predicted molar refractivity (Wildman–Crippen MR) is 106 cm³/mol. The Bertz CT molecular complexity index is 664. The van der Waals surface area contributed by atoms with Gasteiger partial charge in [-0.3, -0.25) is 10.2 Å². The van der Waals surface area contributed by atoms with Crippen molar-refractivity contribution in [1.29, 1.82) is 0 Å². The molecule has 0 aliphatic carbocycles. The Morgan fingerprint density at radius 1 is 1.26 bits per heavy atom. The molecule has 9 heteroatoms. The minimum Gasteiger partial charge on any atom is -0.493 e. The van der Waals surface area contributed by atoms with Crippen molar-refractivity contribution in [2.75, 3.05) is 34.0 Å². The average Bonchev–Trinajstić information content (AvgIpc) is 2.69. The van der Waals surface area contributed by atoms with Crippen molar-refractivity contribution < 1.29 is 23.7 Å². The lowest BCUT2D eigenvalue weighted by Crippen LogP contribution is -2.32. The van der Waals surface area contributed by atoms with Gasteiger partial charge in [0.1, 0.15) is 13.2 Å². The Hall–Kier alpha value is -2.55. The fraction of sp³-hybridized carbons (Fsp3) is 0.500. The monoisotopic (exact) mass is 395 g/mol. The molecule has 0 saturated carbocycles. The number of carbonyl (C=O) groups excluding carboxylic acids is 1. The lowest BCUT2D eigenvalue weighted by molar-refractivity contribution is -0.140. The van der Waals surface area contributed by atoms with E-state index in [0.717, 1.165) is 24.8 Å². The van der Waals surface area contributed by atoms with Crippen molar-refractivity contribution in [3.63, 3.8) is 0 Å². The molecule has 0 amide bonds. The molecule has 0 aromatic heterocycles. The third-order valence-corrected chi connectivity index (χ3v) is 4.04. The summed E-state index contributed by atoms with van der Waals surface area (Å²) in [7, 11) is 2.98. The van der Waals surface area contributed by atoms with E-state index in [2.05, 4.69) is 20.6 Å². The Morgan fingerprint density at radius 3 is 2.85 bits per heavy atom. The van der Waals surface area contributed by atoms with E-state index >= 15 is 0 Å². The van der Waals surface area contributed by atoms with Gasteiger partial charge >= 0.3 is 5.97 Å². The third kappa shape index (κ3) is 6.93. The lowest BCUT2D eigenvalue weighted by Gasteiger charge is -2.20. The molecule has 0 radical (unpaired) electrons. The van der Waals surface area contributed by atoms with Crippen molar-refractivity contribution in [2.45, 2.75) is 25.7 Å². The Balaban J connectivity index is 1.72. The Labute approximate surface area is 164 Å². The van der Waals surface area contributed by atoms with Crippen LogP contribution in [0, 0.1) is 0 Å². The molecule has 2 rings (SSSR count). The number of thiocarbonyl (C=S) groups is 1. The number of hydrogen-bond donors (Lipinski definition) is 2. The first-order valence-electron chi connectivity index (χ1n) is 8.75. The van der Waals surface area contributed by atoms with E-state index in [-0.39, 0.29) is 5.97 Å². The molecule has 1 aromatic rings. The van der Waals surface area contributed by atoms with Crippen molar-refractivity contribution >= 4 is 29.5 Å². The molecule has 0 spiro atoms. The Morgan fingerprint density at radius 2 is 2.07 bits per heavy atom. The van der Waals surface area contributed by atoms with Gasteiger partial charge in [-0.2, -0.15) is 5.10 Å². The van der Waals surface area contributed by atoms with Crippen molar-refractivity contribution in [3.8, 4) is 17.2 Å². The summed E-state index contributed by atoms with van der Waals surface area (Å²) in [5, 5.41) is 7.62. The molecule has 0 saturated heterocycles. The maximum absolute atomic E-state index is 11.0. The lowest BCUT2D eigenvalue weighted by atomic mass is 10.2. The van der Waals surface area contributed by atoms with Crippen LogP contribution < -0.4 is 25.0 Å². The highest BCUT2D eigenvalue weighted by atomic mass is 32.1. The molecular weight excluding hydrogens is 370 g/mol. The van der Waals surface area contributed by atoms with Crippen LogP contribution in [0.4, 0.5) is 0 Å². The number of ether oxygens (including phenoxy) is 4. The summed E-state index contributed by atoms with van der Waals surface area (Å²) >= 11 is 5.17. The summed E-state index contributed by atoms with van der Waals surface area (Å²) in [5.41, 5.74) is 3.57. The maximum atomic E-state index is 11.0. The summed E-state index contributed by atoms with van der Waals surface area (Å²) < 4.78 is 21.1. The van der Waals surface area contributed by atoms with Crippen LogP contribution in [-0.4, -0.2) is 51.3 Å². The zero-order valence-electron chi connectivity index (χ0n) is 15.6. The molecule has 0 fully saturated rings. The quantitative estimate of drug-likeness (QED) is 0.216. The highest BCUT2D eigenvalue weighted by Crippen LogP contribution is 2.39. The largest absolute Gasteiger partial charge is 0.493 e. The summed E-state index contributed by atoms with van der Waals surface area (Å²) in [5.74, 6) is 1.67. The Kier molecular flexibility index (Phi) is 8.63. The number of rotatable bonds is 9. The van der Waals surface area contributed by atoms with Crippen LogP contribution >= 0.6 is 12.2 Å². The van der Waals surface area contributed by atoms with Gasteiger partial charge in [-0.25, -0.2) is 0 Å². The van der Waals surface area contributed by atoms with Gasteiger partial charge in [0.25, 0.3) is 0 Å². The topological polar surface area (TPSA) is 90.4 Å². The van der Waals surface area contributed by atoms with Gasteiger partial charge in [0, 0.05) is 18.5 Å². The molecule has 0 bridgehead atoms. The summed E-state index contributed by atoms with van der Waals surface area (Å²) in [6.45, 7) is 1.71. The van der Waals surface area contributed by atoms with Crippen molar-refractivity contribution in [3.05, 3.63) is 17.7 Å². The standard InChI is InChI=1S/C18H25N3O5S/c1-23-14-10-13(11-15-17(14)26-9-8-25-15)12-20-21-18(27)19-7-5-3-4-6-16(22)24-2/h10-12H,3-9H2,1-2H3,(H2,19,21,27)/b20-12-. The van der Waals surface area contributed by atoms with Crippen LogP contribution in [0.5, 0.6) is 17.2 Å². The normalized spacial score (nSPS) is 12.5. The van der Waals surface area contributed by atoms with E-state index in [1.807, 2.05) is 12.1 Å². The minimum absolute atomic E-state index is 0.176. The van der Waals surface area contributed by atoms with Crippen LogP contribution in [0.1, 0.15) is 31.2 Å². The zero-order chi connectivity index (χ0) is 19.5. The fourth-order valence-corrected chi connectivity index (χ4v) is 2.60. The molecule has 1 aliphatic heterocycles. The average molecular weight is 395 g/mol. The maximum Gasteiger partial charge on any atom is 0.305 e. The molecule has 1 heterocycles. The third-order valence-electron chi connectivity index (χ3n) is 3.80. The number of carbonyl (C=O) groups is 1. The van der Waals surface area contributed by atoms with Gasteiger partial charge in [-0.05, 0) is 37.2 Å². The summed E-state index contributed by atoms with van der Waals surface area (Å²) in [4.78, 5) is 11.0. The first-order chi connectivity index (χ1) is 13.1. The smallest absolute Gasteiger partial charge is 0.305 e. The van der Waals surface area contributed by atoms with Crippen LogP contribution in [0.25, 0.3) is 0 Å². The second-order valence-corrected chi connectivity index (χ2v) is 6.17. The number of unbranched alkanes of at least 4 members (excludes halogenated alkanes) is 2. The highest BCUT2D eigenvalue weighted by molar-refractivity contribution is 7.80. The van der Waals surface area contributed by atoms with Crippen LogP contribution in [0.3, 0.4) is 0 Å². The van der Waals surface area contributed by atoms with Crippen molar-refractivity contribution in [1.82, 2.24) is 10.7 Å². The van der Waals surface area contributed by atoms with E-state index in [0.29, 0.717) is 48.5 Å². The van der Waals surface area contributed by atoms with E-state index < -0.39 is 0 Å². The predicted octanol–water partition coefficient (Wildman–Crippen LogP) is 2.00. The molecule has 0 atom stereocenters. The van der Waals surface area contributed by atoms with Crippen LogP contribution in [-0.2, 0) is 9.53 Å². The van der Waals surface area contributed by atoms with Crippen LogP contribution in [0.2, 0.25) is 0 Å². The fourth-order valence-electron chi connectivity index (χ4n) is 2.45. The van der Waals surface area contributed by atoms with Crippen molar-refractivity contribution in [2.24, 2.45) is 5.10 Å². The van der Waals surface area contributed by atoms with Gasteiger partial charge in [0.15, 0.2) is 16.6 Å². The molecular formula is C18H25N3O5S. The summed E-state index contributed by atoms with van der Waals surface area (Å²) in [6, 6.07) is 3.65.